The van der Waals surface area contributed by atoms with Gasteiger partial charge < -0.3 is 24.5 Å². The molecular weight excluding hydrogens is 288 g/mol. The second kappa shape index (κ2) is 6.21. The van der Waals surface area contributed by atoms with Crippen molar-refractivity contribution < 1.29 is 23.5 Å². The molecule has 0 saturated carbocycles. The second-order valence-corrected chi connectivity index (χ2v) is 4.61. The summed E-state index contributed by atoms with van der Waals surface area (Å²) in [5.74, 6) is 0.455. The highest BCUT2D eigenvalue weighted by Crippen LogP contribution is 2.34. The Bertz CT molecular complexity index is 681. The van der Waals surface area contributed by atoms with Crippen molar-refractivity contribution >= 4 is 17.5 Å². The highest BCUT2D eigenvalue weighted by Gasteiger charge is 2.17. The van der Waals surface area contributed by atoms with E-state index in [2.05, 4.69) is 10.6 Å². The molecule has 0 radical (unpaired) electrons. The van der Waals surface area contributed by atoms with Gasteiger partial charge in [0.25, 0.3) is 0 Å². The van der Waals surface area contributed by atoms with E-state index in [0.717, 1.165) is 5.76 Å². The lowest BCUT2D eigenvalue weighted by atomic mass is 10.2. The number of benzene rings is 1. The molecule has 114 valence electrons. The van der Waals surface area contributed by atoms with Crippen molar-refractivity contribution in [2.24, 2.45) is 0 Å². The quantitative estimate of drug-likeness (QED) is 0.831. The highest BCUT2D eigenvalue weighted by molar-refractivity contribution is 6.39. The Hall–Kier alpha value is -2.96. The van der Waals surface area contributed by atoms with E-state index >= 15 is 0 Å². The minimum Gasteiger partial charge on any atom is -0.469 e. The number of ether oxygens (including phenoxy) is 2. The molecule has 1 aromatic carbocycles. The third-order valence-electron chi connectivity index (χ3n) is 3.07. The number of carbonyl (C=O) groups is 2. The van der Waals surface area contributed by atoms with Gasteiger partial charge in [-0.15, -0.1) is 0 Å². The zero-order valence-electron chi connectivity index (χ0n) is 11.6. The van der Waals surface area contributed by atoms with Crippen LogP contribution in [0.3, 0.4) is 0 Å². The summed E-state index contributed by atoms with van der Waals surface area (Å²) < 4.78 is 15.5. The summed E-state index contributed by atoms with van der Waals surface area (Å²) in [7, 11) is 0. The topological polar surface area (TPSA) is 89.8 Å². The van der Waals surface area contributed by atoms with Crippen LogP contribution in [0.2, 0.25) is 0 Å². The molecule has 22 heavy (non-hydrogen) atoms. The molecule has 0 unspecified atom stereocenters. The summed E-state index contributed by atoms with van der Waals surface area (Å²) >= 11 is 0. The van der Waals surface area contributed by atoms with Crippen LogP contribution in [0.1, 0.15) is 5.76 Å². The van der Waals surface area contributed by atoms with Gasteiger partial charge in [0, 0.05) is 24.7 Å². The van der Waals surface area contributed by atoms with Crippen LogP contribution in [-0.2, 0) is 16.0 Å². The smallest absolute Gasteiger partial charge is 0.313 e. The molecule has 0 atom stereocenters. The van der Waals surface area contributed by atoms with E-state index in [1.807, 2.05) is 0 Å². The minimum absolute atomic E-state index is 0.153. The van der Waals surface area contributed by atoms with E-state index in [0.29, 0.717) is 30.2 Å². The maximum atomic E-state index is 11.8. The zero-order valence-corrected chi connectivity index (χ0v) is 11.6. The molecule has 0 saturated heterocycles. The van der Waals surface area contributed by atoms with Gasteiger partial charge in [-0.3, -0.25) is 9.59 Å². The van der Waals surface area contributed by atoms with E-state index in [-0.39, 0.29) is 6.79 Å². The van der Waals surface area contributed by atoms with E-state index in [9.17, 15) is 9.59 Å². The van der Waals surface area contributed by atoms with E-state index in [1.165, 1.54) is 0 Å². The van der Waals surface area contributed by atoms with Gasteiger partial charge in [0.15, 0.2) is 11.5 Å². The fraction of sp³-hybridized carbons (Fsp3) is 0.200. The summed E-state index contributed by atoms with van der Waals surface area (Å²) in [6.45, 7) is 0.473. The average Bonchev–Trinajstić information content (AvgIpc) is 3.17. The van der Waals surface area contributed by atoms with Crippen LogP contribution in [0.5, 0.6) is 11.5 Å². The maximum absolute atomic E-state index is 11.8. The molecule has 7 heteroatoms. The molecule has 1 aliphatic rings. The molecule has 0 spiro atoms. The predicted octanol–water partition coefficient (Wildman–Crippen LogP) is 1.31. The van der Waals surface area contributed by atoms with Crippen LogP contribution >= 0.6 is 0 Å². The van der Waals surface area contributed by atoms with Gasteiger partial charge in [0.1, 0.15) is 5.76 Å². The Morgan fingerprint density at radius 3 is 2.77 bits per heavy atom. The minimum atomic E-state index is -0.738. The van der Waals surface area contributed by atoms with Crippen molar-refractivity contribution in [1.82, 2.24) is 5.32 Å². The number of nitrogens with one attached hydrogen (secondary N) is 2. The SMILES string of the molecule is O=C(NCCc1ccco1)C(=O)Nc1ccc2c(c1)OCO2. The fourth-order valence-electron chi connectivity index (χ4n) is 2.00. The number of fused-ring (bicyclic) bond motifs is 1. The molecule has 2 aromatic rings. The summed E-state index contributed by atoms with van der Waals surface area (Å²) in [5, 5.41) is 5.03. The summed E-state index contributed by atoms with van der Waals surface area (Å²) in [6.07, 6.45) is 2.08. The Morgan fingerprint density at radius 2 is 1.95 bits per heavy atom. The first kappa shape index (κ1) is 14.0. The van der Waals surface area contributed by atoms with Crippen molar-refractivity contribution in [2.75, 3.05) is 18.7 Å². The largest absolute Gasteiger partial charge is 0.469 e. The van der Waals surface area contributed by atoms with Crippen LogP contribution in [0.4, 0.5) is 5.69 Å². The molecular formula is C15H14N2O5. The Balaban J connectivity index is 1.49. The van der Waals surface area contributed by atoms with E-state index in [1.54, 1.807) is 36.6 Å². The number of hydrogen-bond donors (Lipinski definition) is 2. The first-order chi connectivity index (χ1) is 10.7. The lowest BCUT2D eigenvalue weighted by molar-refractivity contribution is -0.136. The maximum Gasteiger partial charge on any atom is 0.313 e. The van der Waals surface area contributed by atoms with Crippen LogP contribution in [-0.4, -0.2) is 25.2 Å². The number of furan rings is 1. The summed E-state index contributed by atoms with van der Waals surface area (Å²) in [6, 6.07) is 8.49. The Morgan fingerprint density at radius 1 is 1.09 bits per heavy atom. The summed E-state index contributed by atoms with van der Waals surface area (Å²) in [4.78, 5) is 23.5. The highest BCUT2D eigenvalue weighted by atomic mass is 16.7. The van der Waals surface area contributed by atoms with Crippen molar-refractivity contribution in [3.63, 3.8) is 0 Å². The zero-order chi connectivity index (χ0) is 15.4. The van der Waals surface area contributed by atoms with Gasteiger partial charge >= 0.3 is 11.8 Å². The lowest BCUT2D eigenvalue weighted by Gasteiger charge is -2.06. The average molecular weight is 302 g/mol. The Kier molecular flexibility index (Phi) is 3.95. The van der Waals surface area contributed by atoms with Crippen LogP contribution < -0.4 is 20.1 Å². The molecule has 2 amide bonds. The monoisotopic (exact) mass is 302 g/mol. The molecule has 0 bridgehead atoms. The van der Waals surface area contributed by atoms with Crippen LogP contribution in [0, 0.1) is 0 Å². The van der Waals surface area contributed by atoms with Gasteiger partial charge in [-0.2, -0.15) is 0 Å². The van der Waals surface area contributed by atoms with Crippen molar-refractivity contribution in [2.45, 2.75) is 6.42 Å². The standard InChI is InChI=1S/C15H14N2O5/c18-14(16-6-5-11-2-1-7-20-11)15(19)17-10-3-4-12-13(8-10)22-9-21-12/h1-4,7-8H,5-6,9H2,(H,16,18)(H,17,19). The van der Waals surface area contributed by atoms with Crippen molar-refractivity contribution in [3.05, 3.63) is 42.4 Å². The molecule has 1 aliphatic heterocycles. The van der Waals surface area contributed by atoms with Crippen LogP contribution in [0.15, 0.2) is 41.0 Å². The van der Waals surface area contributed by atoms with E-state index in [4.69, 9.17) is 13.9 Å². The van der Waals surface area contributed by atoms with Crippen molar-refractivity contribution in [3.8, 4) is 11.5 Å². The number of rotatable bonds is 4. The molecule has 7 nitrogen and oxygen atoms in total. The first-order valence-corrected chi connectivity index (χ1v) is 6.73. The summed E-state index contributed by atoms with van der Waals surface area (Å²) in [5.41, 5.74) is 0.468. The van der Waals surface area contributed by atoms with E-state index < -0.39 is 11.8 Å². The number of carbonyl (C=O) groups excluding carboxylic acids is 2. The normalized spacial score (nSPS) is 12.0. The molecule has 2 N–H and O–H groups in total. The molecule has 0 fully saturated rings. The third kappa shape index (κ3) is 3.20. The number of hydrogen-bond acceptors (Lipinski definition) is 5. The molecule has 2 heterocycles. The van der Waals surface area contributed by atoms with Gasteiger partial charge in [-0.1, -0.05) is 0 Å². The lowest BCUT2D eigenvalue weighted by Crippen LogP contribution is -2.36. The van der Waals surface area contributed by atoms with Crippen molar-refractivity contribution in [1.29, 1.82) is 0 Å². The second-order valence-electron chi connectivity index (χ2n) is 4.61. The predicted molar refractivity (Wildman–Crippen MR) is 76.6 cm³/mol. The molecule has 0 aliphatic carbocycles. The Labute approximate surface area is 126 Å². The van der Waals surface area contributed by atoms with Gasteiger partial charge in [-0.05, 0) is 24.3 Å². The number of anilines is 1. The van der Waals surface area contributed by atoms with Gasteiger partial charge in [0.05, 0.1) is 6.26 Å². The third-order valence-corrected chi connectivity index (χ3v) is 3.07. The van der Waals surface area contributed by atoms with Crippen LogP contribution in [0.25, 0.3) is 0 Å². The molecule has 1 aromatic heterocycles. The van der Waals surface area contributed by atoms with Gasteiger partial charge in [0.2, 0.25) is 6.79 Å². The fourth-order valence-corrected chi connectivity index (χ4v) is 2.00. The first-order valence-electron chi connectivity index (χ1n) is 6.73. The number of amides is 2. The molecule has 3 rings (SSSR count). The van der Waals surface area contributed by atoms with Gasteiger partial charge in [-0.25, -0.2) is 0 Å².